The summed E-state index contributed by atoms with van der Waals surface area (Å²) in [5.41, 5.74) is 11.2. The van der Waals surface area contributed by atoms with Gasteiger partial charge in [0.2, 0.25) is 0 Å². The third-order valence-electron chi connectivity index (χ3n) is 5.52. The molecule has 0 fully saturated rings. The van der Waals surface area contributed by atoms with E-state index < -0.39 is 0 Å². The summed E-state index contributed by atoms with van der Waals surface area (Å²) in [7, 11) is 0. The van der Waals surface area contributed by atoms with Crippen molar-refractivity contribution in [2.24, 2.45) is 0 Å². The van der Waals surface area contributed by atoms with E-state index in [1.807, 2.05) is 0 Å². The molecule has 0 spiro atoms. The van der Waals surface area contributed by atoms with Crippen molar-refractivity contribution in [3.63, 3.8) is 0 Å². The Morgan fingerprint density at radius 1 is 0.778 bits per heavy atom. The minimum absolute atomic E-state index is 1.05. The molecule has 0 heteroatoms. The van der Waals surface area contributed by atoms with Crippen LogP contribution in [0.4, 0.5) is 0 Å². The SMILES string of the molecule is CCC1=C(CC)C(=C(c2ccccc2)c2ccccc2)C=C1C1=CC=CC1. The minimum Gasteiger partial charge on any atom is -0.0801 e. The fraction of sp³-hybridized carbons (Fsp3) is 0.185. The van der Waals surface area contributed by atoms with E-state index in [1.54, 1.807) is 0 Å². The fourth-order valence-electron chi connectivity index (χ4n) is 4.30. The average molecular weight is 351 g/mol. The molecule has 0 radical (unpaired) electrons. The van der Waals surface area contributed by atoms with Gasteiger partial charge in [-0.15, -0.1) is 0 Å². The molecule has 0 bridgehead atoms. The molecule has 4 rings (SSSR count). The number of allylic oxidation sites excluding steroid dienone is 9. The molecule has 0 aromatic heterocycles. The highest BCUT2D eigenvalue weighted by Gasteiger charge is 2.25. The highest BCUT2D eigenvalue weighted by atomic mass is 14.3. The molecule has 2 aliphatic carbocycles. The molecule has 0 atom stereocenters. The maximum absolute atomic E-state index is 2.45. The second kappa shape index (κ2) is 7.80. The zero-order valence-corrected chi connectivity index (χ0v) is 16.2. The summed E-state index contributed by atoms with van der Waals surface area (Å²) in [6.07, 6.45) is 12.4. The summed E-state index contributed by atoms with van der Waals surface area (Å²) >= 11 is 0. The number of rotatable bonds is 5. The summed E-state index contributed by atoms with van der Waals surface area (Å²) in [5.74, 6) is 0. The fourth-order valence-corrected chi connectivity index (χ4v) is 4.30. The van der Waals surface area contributed by atoms with Crippen LogP contribution in [0.15, 0.2) is 113 Å². The van der Waals surface area contributed by atoms with Gasteiger partial charge in [-0.2, -0.15) is 0 Å². The topological polar surface area (TPSA) is 0 Å². The first-order valence-electron chi connectivity index (χ1n) is 9.99. The molecule has 134 valence electrons. The molecular weight excluding hydrogens is 324 g/mol. The van der Waals surface area contributed by atoms with Gasteiger partial charge in [0.25, 0.3) is 0 Å². The lowest BCUT2D eigenvalue weighted by molar-refractivity contribution is 1.03. The Kier molecular flexibility index (Phi) is 5.07. The van der Waals surface area contributed by atoms with Gasteiger partial charge in [0.1, 0.15) is 0 Å². The molecule has 0 saturated heterocycles. The Morgan fingerprint density at radius 3 is 1.85 bits per heavy atom. The third-order valence-corrected chi connectivity index (χ3v) is 5.52. The minimum atomic E-state index is 1.05. The summed E-state index contributed by atoms with van der Waals surface area (Å²) in [4.78, 5) is 0. The first kappa shape index (κ1) is 17.5. The Morgan fingerprint density at radius 2 is 1.37 bits per heavy atom. The van der Waals surface area contributed by atoms with Crippen LogP contribution in [0.2, 0.25) is 0 Å². The van der Waals surface area contributed by atoms with Crippen molar-refractivity contribution >= 4 is 5.57 Å². The highest BCUT2D eigenvalue weighted by Crippen LogP contribution is 2.44. The second-order valence-electron chi connectivity index (χ2n) is 7.07. The van der Waals surface area contributed by atoms with Crippen LogP contribution in [0.5, 0.6) is 0 Å². The molecular formula is C27H26. The normalized spacial score (nSPS) is 16.0. The zero-order valence-electron chi connectivity index (χ0n) is 16.2. The van der Waals surface area contributed by atoms with Crippen molar-refractivity contribution in [3.8, 4) is 0 Å². The van der Waals surface area contributed by atoms with Crippen LogP contribution in [-0.4, -0.2) is 0 Å². The molecule has 0 saturated carbocycles. The molecule has 0 amide bonds. The highest BCUT2D eigenvalue weighted by molar-refractivity contribution is 5.89. The summed E-state index contributed by atoms with van der Waals surface area (Å²) in [5, 5.41) is 0. The van der Waals surface area contributed by atoms with Crippen LogP contribution in [0.25, 0.3) is 5.57 Å². The van der Waals surface area contributed by atoms with E-state index in [-0.39, 0.29) is 0 Å². The van der Waals surface area contributed by atoms with Gasteiger partial charge in [0, 0.05) is 0 Å². The average Bonchev–Trinajstić information content (AvgIpc) is 3.37. The second-order valence-corrected chi connectivity index (χ2v) is 7.07. The molecule has 2 aromatic rings. The summed E-state index contributed by atoms with van der Waals surface area (Å²) in [6.45, 7) is 4.58. The van der Waals surface area contributed by atoms with Crippen LogP contribution in [0.1, 0.15) is 44.2 Å². The third kappa shape index (κ3) is 3.28. The van der Waals surface area contributed by atoms with Crippen LogP contribution in [0, 0.1) is 0 Å². The van der Waals surface area contributed by atoms with Gasteiger partial charge in [0.15, 0.2) is 0 Å². The quantitative estimate of drug-likeness (QED) is 0.526. The first-order valence-corrected chi connectivity index (χ1v) is 9.99. The smallest absolute Gasteiger partial charge is 0.00358 e. The van der Waals surface area contributed by atoms with E-state index in [1.165, 1.54) is 44.6 Å². The van der Waals surface area contributed by atoms with Gasteiger partial charge in [0.05, 0.1) is 0 Å². The maximum Gasteiger partial charge on any atom is -0.00358 e. The summed E-state index contributed by atoms with van der Waals surface area (Å²) < 4.78 is 0. The number of benzene rings is 2. The largest absolute Gasteiger partial charge is 0.0801 e. The molecule has 2 aromatic carbocycles. The molecule has 0 nitrogen and oxygen atoms in total. The molecule has 0 unspecified atom stereocenters. The van der Waals surface area contributed by atoms with Crippen LogP contribution < -0.4 is 0 Å². The predicted molar refractivity (Wildman–Crippen MR) is 116 cm³/mol. The molecule has 0 heterocycles. The lowest BCUT2D eigenvalue weighted by atomic mass is 9.89. The van der Waals surface area contributed by atoms with Gasteiger partial charge in [-0.05, 0) is 69.9 Å². The Hall–Kier alpha value is -2.86. The first-order chi connectivity index (χ1) is 13.3. The molecule has 0 aliphatic heterocycles. The van der Waals surface area contributed by atoms with Crippen LogP contribution in [-0.2, 0) is 0 Å². The molecule has 0 N–H and O–H groups in total. The van der Waals surface area contributed by atoms with Crippen molar-refractivity contribution in [1.82, 2.24) is 0 Å². The monoisotopic (exact) mass is 350 g/mol. The maximum atomic E-state index is 2.45. The Balaban J connectivity index is 1.99. The predicted octanol–water partition coefficient (Wildman–Crippen LogP) is 7.43. The van der Waals surface area contributed by atoms with Gasteiger partial charge in [-0.1, -0.05) is 92.7 Å². The lowest BCUT2D eigenvalue weighted by Crippen LogP contribution is -1.95. The van der Waals surface area contributed by atoms with E-state index in [0.717, 1.165) is 19.3 Å². The summed E-state index contributed by atoms with van der Waals surface area (Å²) in [6, 6.07) is 21.7. The van der Waals surface area contributed by atoms with E-state index in [4.69, 9.17) is 0 Å². The van der Waals surface area contributed by atoms with E-state index >= 15 is 0 Å². The van der Waals surface area contributed by atoms with Crippen molar-refractivity contribution in [3.05, 3.63) is 124 Å². The number of hydrogen-bond donors (Lipinski definition) is 0. The standard InChI is InChI=1S/C27H26/c1-3-23-24(4-2)26(19-25(23)20-13-11-12-14-20)27(21-15-7-5-8-16-21)22-17-9-6-10-18-22/h5-13,15-19H,3-4,14H2,1-2H3. The van der Waals surface area contributed by atoms with Crippen molar-refractivity contribution in [1.29, 1.82) is 0 Å². The van der Waals surface area contributed by atoms with Crippen molar-refractivity contribution in [2.75, 3.05) is 0 Å². The van der Waals surface area contributed by atoms with E-state index in [2.05, 4.69) is 98.8 Å². The van der Waals surface area contributed by atoms with Crippen LogP contribution in [0.3, 0.4) is 0 Å². The Bertz CT molecular complexity index is 935. The molecule has 2 aliphatic rings. The van der Waals surface area contributed by atoms with Crippen LogP contribution >= 0.6 is 0 Å². The van der Waals surface area contributed by atoms with Gasteiger partial charge >= 0.3 is 0 Å². The van der Waals surface area contributed by atoms with E-state index in [0.29, 0.717) is 0 Å². The van der Waals surface area contributed by atoms with Crippen molar-refractivity contribution in [2.45, 2.75) is 33.1 Å². The van der Waals surface area contributed by atoms with Gasteiger partial charge < -0.3 is 0 Å². The van der Waals surface area contributed by atoms with E-state index in [9.17, 15) is 0 Å². The van der Waals surface area contributed by atoms with Crippen molar-refractivity contribution < 1.29 is 0 Å². The number of hydrogen-bond acceptors (Lipinski definition) is 0. The molecule has 27 heavy (non-hydrogen) atoms. The van der Waals surface area contributed by atoms with Gasteiger partial charge in [-0.25, -0.2) is 0 Å². The Labute approximate surface area is 163 Å². The lowest BCUT2D eigenvalue weighted by Gasteiger charge is -2.15. The zero-order chi connectivity index (χ0) is 18.6. The van der Waals surface area contributed by atoms with Gasteiger partial charge in [-0.3, -0.25) is 0 Å².